The average molecular weight is 431 g/mol. The van der Waals surface area contributed by atoms with Gasteiger partial charge in [0.25, 0.3) is 5.91 Å². The van der Waals surface area contributed by atoms with Crippen molar-refractivity contribution in [2.45, 2.75) is 25.8 Å². The number of piperazine rings is 1. The highest BCUT2D eigenvalue weighted by Gasteiger charge is 2.31. The van der Waals surface area contributed by atoms with E-state index < -0.39 is 11.8 Å². The topological polar surface area (TPSA) is 87.5 Å². The number of nitrogens with one attached hydrogen (secondary N) is 1. The number of para-hydroxylation sites is 1. The van der Waals surface area contributed by atoms with Gasteiger partial charge in [-0.3, -0.25) is 19.0 Å². The van der Waals surface area contributed by atoms with Gasteiger partial charge in [-0.05, 0) is 50.1 Å². The molecule has 1 aliphatic carbocycles. The van der Waals surface area contributed by atoms with E-state index >= 15 is 0 Å². The van der Waals surface area contributed by atoms with Crippen LogP contribution in [0, 0.1) is 6.92 Å². The van der Waals surface area contributed by atoms with E-state index in [-0.39, 0.29) is 11.9 Å². The lowest BCUT2D eigenvalue weighted by Crippen LogP contribution is -2.54. The van der Waals surface area contributed by atoms with Crippen LogP contribution in [0.4, 0.5) is 0 Å². The molecule has 0 radical (unpaired) electrons. The quantitative estimate of drug-likeness (QED) is 0.642. The standard InChI is InChI=1S/C24H25N5O3/c1-16-25-20-15-17(7-10-21(20)29(16)19-5-3-2-4-6-19)23(31)27-11-13-28(14-12-27)24(32)22(30)26-18-8-9-18/h2-7,10,15,18H,8-9,11-14H2,1H3,(H,26,30). The van der Waals surface area contributed by atoms with Gasteiger partial charge in [-0.15, -0.1) is 0 Å². The molecule has 8 nitrogen and oxygen atoms in total. The molecule has 2 heterocycles. The van der Waals surface area contributed by atoms with Gasteiger partial charge >= 0.3 is 11.8 Å². The van der Waals surface area contributed by atoms with E-state index in [9.17, 15) is 14.4 Å². The Bertz CT molecular complexity index is 1190. The van der Waals surface area contributed by atoms with Crippen LogP contribution in [0.3, 0.4) is 0 Å². The zero-order valence-electron chi connectivity index (χ0n) is 18.0. The van der Waals surface area contributed by atoms with Gasteiger partial charge in [0.15, 0.2) is 0 Å². The van der Waals surface area contributed by atoms with Crippen molar-refractivity contribution in [2.24, 2.45) is 0 Å². The van der Waals surface area contributed by atoms with Gasteiger partial charge in [-0.1, -0.05) is 18.2 Å². The number of aromatic nitrogens is 2. The first-order valence-corrected chi connectivity index (χ1v) is 10.9. The van der Waals surface area contributed by atoms with Crippen molar-refractivity contribution in [1.82, 2.24) is 24.7 Å². The summed E-state index contributed by atoms with van der Waals surface area (Å²) in [6.07, 6.45) is 1.88. The summed E-state index contributed by atoms with van der Waals surface area (Å²) in [6, 6.07) is 15.7. The molecule has 0 unspecified atom stereocenters. The summed E-state index contributed by atoms with van der Waals surface area (Å²) in [6.45, 7) is 3.46. The highest BCUT2D eigenvalue weighted by molar-refractivity contribution is 6.35. The summed E-state index contributed by atoms with van der Waals surface area (Å²) in [5.41, 5.74) is 3.31. The molecule has 1 saturated heterocycles. The molecule has 1 N–H and O–H groups in total. The third-order valence-electron chi connectivity index (χ3n) is 6.04. The Morgan fingerprint density at radius 3 is 2.31 bits per heavy atom. The van der Waals surface area contributed by atoms with E-state index in [0.717, 1.165) is 35.4 Å². The number of fused-ring (bicyclic) bond motifs is 1. The van der Waals surface area contributed by atoms with Crippen LogP contribution in [0.2, 0.25) is 0 Å². The molecule has 5 rings (SSSR count). The van der Waals surface area contributed by atoms with Crippen molar-refractivity contribution < 1.29 is 14.4 Å². The lowest BCUT2D eigenvalue weighted by molar-refractivity contribution is -0.146. The highest BCUT2D eigenvalue weighted by Crippen LogP contribution is 2.23. The predicted octanol–water partition coefficient (Wildman–Crippen LogP) is 1.90. The van der Waals surface area contributed by atoms with Crippen LogP contribution in [0.5, 0.6) is 0 Å². The Morgan fingerprint density at radius 1 is 0.938 bits per heavy atom. The largest absolute Gasteiger partial charge is 0.345 e. The van der Waals surface area contributed by atoms with Crippen LogP contribution >= 0.6 is 0 Å². The fraction of sp³-hybridized carbons (Fsp3) is 0.333. The van der Waals surface area contributed by atoms with Crippen molar-refractivity contribution in [3.05, 3.63) is 59.9 Å². The number of carbonyl (C=O) groups excluding carboxylic acids is 3. The van der Waals surface area contributed by atoms with E-state index in [0.29, 0.717) is 31.7 Å². The number of imidazole rings is 1. The summed E-state index contributed by atoms with van der Waals surface area (Å²) in [5, 5.41) is 2.73. The molecule has 3 aromatic rings. The molecule has 0 atom stereocenters. The summed E-state index contributed by atoms with van der Waals surface area (Å²) >= 11 is 0. The number of hydrogen-bond donors (Lipinski definition) is 1. The normalized spacial score (nSPS) is 16.3. The van der Waals surface area contributed by atoms with Gasteiger partial charge in [0.2, 0.25) is 0 Å². The molecule has 2 fully saturated rings. The van der Waals surface area contributed by atoms with E-state index in [1.54, 1.807) is 4.90 Å². The molecule has 0 bridgehead atoms. The maximum atomic E-state index is 13.1. The second-order valence-electron chi connectivity index (χ2n) is 8.37. The van der Waals surface area contributed by atoms with Crippen LogP contribution in [-0.4, -0.2) is 69.3 Å². The maximum absolute atomic E-state index is 13.1. The van der Waals surface area contributed by atoms with Crippen LogP contribution in [0.15, 0.2) is 48.5 Å². The molecule has 1 aliphatic heterocycles. The summed E-state index contributed by atoms with van der Waals surface area (Å²) < 4.78 is 2.07. The molecular formula is C24H25N5O3. The zero-order chi connectivity index (χ0) is 22.2. The van der Waals surface area contributed by atoms with Gasteiger partial charge in [0.1, 0.15) is 5.82 Å². The molecule has 164 valence electrons. The molecule has 1 saturated carbocycles. The number of aryl methyl sites for hydroxylation is 1. The molecule has 0 spiro atoms. The monoisotopic (exact) mass is 431 g/mol. The number of amides is 3. The highest BCUT2D eigenvalue weighted by atomic mass is 16.2. The summed E-state index contributed by atoms with van der Waals surface area (Å²) in [7, 11) is 0. The first-order chi connectivity index (χ1) is 15.5. The van der Waals surface area contributed by atoms with Gasteiger partial charge < -0.3 is 15.1 Å². The zero-order valence-corrected chi connectivity index (χ0v) is 18.0. The van der Waals surface area contributed by atoms with Crippen LogP contribution < -0.4 is 5.32 Å². The third kappa shape index (κ3) is 3.84. The first-order valence-electron chi connectivity index (χ1n) is 10.9. The number of nitrogens with zero attached hydrogens (tertiary/aromatic N) is 4. The lowest BCUT2D eigenvalue weighted by Gasteiger charge is -2.34. The van der Waals surface area contributed by atoms with E-state index in [1.807, 2.05) is 55.5 Å². The van der Waals surface area contributed by atoms with Crippen molar-refractivity contribution >= 4 is 28.8 Å². The second kappa shape index (κ2) is 8.11. The summed E-state index contributed by atoms with van der Waals surface area (Å²) in [4.78, 5) is 45.3. The van der Waals surface area contributed by atoms with Crippen molar-refractivity contribution in [1.29, 1.82) is 0 Å². The van der Waals surface area contributed by atoms with E-state index in [1.165, 1.54) is 4.90 Å². The molecular weight excluding hydrogens is 406 g/mol. The molecule has 2 aliphatic rings. The first kappa shape index (κ1) is 20.2. The van der Waals surface area contributed by atoms with Crippen LogP contribution in [0.1, 0.15) is 29.0 Å². The summed E-state index contributed by atoms with van der Waals surface area (Å²) in [5.74, 6) is -0.282. The van der Waals surface area contributed by atoms with Crippen molar-refractivity contribution in [3.8, 4) is 5.69 Å². The minimum atomic E-state index is -0.540. The number of carbonyl (C=O) groups is 3. The van der Waals surface area contributed by atoms with Crippen molar-refractivity contribution in [3.63, 3.8) is 0 Å². The fourth-order valence-electron chi connectivity index (χ4n) is 4.15. The molecule has 32 heavy (non-hydrogen) atoms. The Labute approximate surface area is 185 Å². The Hall–Kier alpha value is -3.68. The van der Waals surface area contributed by atoms with Gasteiger partial charge in [0.05, 0.1) is 11.0 Å². The Balaban J connectivity index is 1.28. The van der Waals surface area contributed by atoms with E-state index in [2.05, 4.69) is 14.9 Å². The molecule has 2 aromatic carbocycles. The molecule has 8 heteroatoms. The van der Waals surface area contributed by atoms with Crippen molar-refractivity contribution in [2.75, 3.05) is 26.2 Å². The SMILES string of the molecule is Cc1nc2cc(C(=O)N3CCN(C(=O)C(=O)NC4CC4)CC3)ccc2n1-c1ccccc1. The predicted molar refractivity (Wildman–Crippen MR) is 119 cm³/mol. The van der Waals surface area contributed by atoms with E-state index in [4.69, 9.17) is 0 Å². The minimum Gasteiger partial charge on any atom is -0.345 e. The molecule has 1 aromatic heterocycles. The maximum Gasteiger partial charge on any atom is 0.312 e. The smallest absolute Gasteiger partial charge is 0.312 e. The second-order valence-corrected chi connectivity index (χ2v) is 8.37. The molecule has 3 amide bonds. The van der Waals surface area contributed by atoms with Crippen LogP contribution in [-0.2, 0) is 9.59 Å². The average Bonchev–Trinajstić information content (AvgIpc) is 3.57. The Kier molecular flexibility index (Phi) is 5.13. The fourth-order valence-corrected chi connectivity index (χ4v) is 4.15. The van der Waals surface area contributed by atoms with Gasteiger partial charge in [0, 0.05) is 43.5 Å². The minimum absolute atomic E-state index is 0.0895. The van der Waals surface area contributed by atoms with Gasteiger partial charge in [-0.2, -0.15) is 0 Å². The lowest BCUT2D eigenvalue weighted by atomic mass is 10.1. The third-order valence-corrected chi connectivity index (χ3v) is 6.04. The van der Waals surface area contributed by atoms with Crippen LogP contribution in [0.25, 0.3) is 16.7 Å². The number of hydrogen-bond acceptors (Lipinski definition) is 4. The number of rotatable bonds is 3. The Morgan fingerprint density at radius 2 is 1.62 bits per heavy atom. The number of benzene rings is 2. The van der Waals surface area contributed by atoms with Gasteiger partial charge in [-0.25, -0.2) is 4.98 Å².